The summed E-state index contributed by atoms with van der Waals surface area (Å²) in [5.74, 6) is -3.67. The molecule has 6 heteroatoms. The summed E-state index contributed by atoms with van der Waals surface area (Å²) in [4.78, 5) is 31.7. The van der Waals surface area contributed by atoms with Gasteiger partial charge in [-0.25, -0.2) is 4.79 Å². The summed E-state index contributed by atoms with van der Waals surface area (Å²) in [6, 6.07) is 0. The fourth-order valence-corrected chi connectivity index (χ4v) is 0.801. The maximum absolute atomic E-state index is 10.7. The molecule has 1 aliphatic heterocycles. The van der Waals surface area contributed by atoms with Gasteiger partial charge in [0.15, 0.2) is 6.10 Å². The molecule has 0 unspecified atom stereocenters. The summed E-state index contributed by atoms with van der Waals surface area (Å²) >= 11 is 0. The number of hydrogen-bond donors (Lipinski definition) is 2. The minimum Gasteiger partial charge on any atom is -0.445 e. The molecule has 0 amide bonds. The van der Waals surface area contributed by atoms with E-state index in [-0.39, 0.29) is 0 Å². The van der Waals surface area contributed by atoms with Gasteiger partial charge >= 0.3 is 11.8 Å². The van der Waals surface area contributed by atoms with Gasteiger partial charge in [0.05, 0.1) is 6.61 Å². The third-order valence-corrected chi connectivity index (χ3v) is 1.44. The van der Waals surface area contributed by atoms with Gasteiger partial charge in [0.25, 0.3) is 5.78 Å². The van der Waals surface area contributed by atoms with Crippen molar-refractivity contribution in [1.82, 2.24) is 0 Å². The molecule has 1 saturated heterocycles. The molecule has 0 saturated carbocycles. The van der Waals surface area contributed by atoms with E-state index in [1.807, 2.05) is 0 Å². The standard InChI is InChI=1S/C6H6O6/c7-1-2(8)5-3(9)4(10)6(11)12-5/h2,5,7-8H,1H2/t2-,5-/m1/s1. The average Bonchev–Trinajstić information content (AvgIpc) is 2.32. The van der Waals surface area contributed by atoms with E-state index in [2.05, 4.69) is 4.74 Å². The van der Waals surface area contributed by atoms with Gasteiger partial charge in [-0.1, -0.05) is 0 Å². The molecule has 1 rings (SSSR count). The van der Waals surface area contributed by atoms with Gasteiger partial charge in [0.1, 0.15) is 6.10 Å². The molecule has 0 aromatic rings. The molecule has 12 heavy (non-hydrogen) atoms. The van der Waals surface area contributed by atoms with E-state index in [9.17, 15) is 14.4 Å². The zero-order valence-corrected chi connectivity index (χ0v) is 5.89. The molecule has 6 nitrogen and oxygen atoms in total. The van der Waals surface area contributed by atoms with Gasteiger partial charge in [0, 0.05) is 0 Å². The number of rotatable bonds is 2. The number of cyclic esters (lactones) is 1. The minimum absolute atomic E-state index is 0.739. The van der Waals surface area contributed by atoms with E-state index in [4.69, 9.17) is 10.2 Å². The number of ether oxygens (including phenoxy) is 1. The van der Waals surface area contributed by atoms with Gasteiger partial charge in [-0.15, -0.1) is 0 Å². The molecule has 0 aliphatic carbocycles. The van der Waals surface area contributed by atoms with Crippen molar-refractivity contribution in [1.29, 1.82) is 0 Å². The third-order valence-electron chi connectivity index (χ3n) is 1.44. The second kappa shape index (κ2) is 3.00. The van der Waals surface area contributed by atoms with Crippen LogP contribution in [0.5, 0.6) is 0 Å². The van der Waals surface area contributed by atoms with Crippen LogP contribution in [0.2, 0.25) is 0 Å². The molecular formula is C6H6O6. The molecule has 1 heterocycles. The van der Waals surface area contributed by atoms with E-state index in [0.29, 0.717) is 0 Å². The lowest BCUT2D eigenvalue weighted by Crippen LogP contribution is -2.35. The largest absolute Gasteiger partial charge is 0.445 e. The van der Waals surface area contributed by atoms with E-state index in [0.717, 1.165) is 0 Å². The monoisotopic (exact) mass is 174 g/mol. The summed E-state index contributed by atoms with van der Waals surface area (Å²) in [5, 5.41) is 17.2. The maximum Gasteiger partial charge on any atom is 0.383 e. The Kier molecular flexibility index (Phi) is 2.20. The van der Waals surface area contributed by atoms with Crippen molar-refractivity contribution >= 4 is 17.5 Å². The molecule has 2 N–H and O–H groups in total. The Morgan fingerprint density at radius 1 is 1.42 bits per heavy atom. The maximum atomic E-state index is 10.7. The zero-order valence-electron chi connectivity index (χ0n) is 5.89. The first-order chi connectivity index (χ1) is 5.57. The second-order valence-electron chi connectivity index (χ2n) is 2.27. The number of esters is 1. The quantitative estimate of drug-likeness (QED) is 0.351. The minimum atomic E-state index is -1.53. The molecule has 0 aromatic carbocycles. The van der Waals surface area contributed by atoms with Crippen LogP contribution in [0, 0.1) is 0 Å². The summed E-state index contributed by atoms with van der Waals surface area (Å²) in [5.41, 5.74) is 0. The number of hydrogen-bond acceptors (Lipinski definition) is 6. The van der Waals surface area contributed by atoms with Crippen LogP contribution in [0.1, 0.15) is 0 Å². The van der Waals surface area contributed by atoms with Gasteiger partial charge in [-0.3, -0.25) is 9.59 Å². The molecular weight excluding hydrogens is 168 g/mol. The molecule has 1 fully saturated rings. The lowest BCUT2D eigenvalue weighted by atomic mass is 10.1. The first kappa shape index (κ1) is 8.82. The fraction of sp³-hybridized carbons (Fsp3) is 0.500. The van der Waals surface area contributed by atoms with Gasteiger partial charge in [-0.05, 0) is 0 Å². The SMILES string of the molecule is O=C1O[C@H]([C@H](O)CO)C(=O)C1=O. The van der Waals surface area contributed by atoms with Crippen molar-refractivity contribution in [3.05, 3.63) is 0 Å². The lowest BCUT2D eigenvalue weighted by molar-refractivity contribution is -0.152. The van der Waals surface area contributed by atoms with Crippen LogP contribution in [-0.4, -0.2) is 46.6 Å². The van der Waals surface area contributed by atoms with Crippen molar-refractivity contribution < 1.29 is 29.3 Å². The molecule has 66 valence electrons. The number of aliphatic hydroxyl groups excluding tert-OH is 2. The fourth-order valence-electron chi connectivity index (χ4n) is 0.801. The summed E-state index contributed by atoms with van der Waals surface area (Å²) in [7, 11) is 0. The van der Waals surface area contributed by atoms with Gasteiger partial charge in [0.2, 0.25) is 0 Å². The predicted octanol–water partition coefficient (Wildman–Crippen LogP) is -2.60. The van der Waals surface area contributed by atoms with E-state index in [1.54, 1.807) is 0 Å². The van der Waals surface area contributed by atoms with Crippen LogP contribution in [0.25, 0.3) is 0 Å². The molecule has 2 atom stereocenters. The predicted molar refractivity (Wildman–Crippen MR) is 33.0 cm³/mol. The normalized spacial score (nSPS) is 25.8. The van der Waals surface area contributed by atoms with E-state index < -0.39 is 36.4 Å². The van der Waals surface area contributed by atoms with Crippen LogP contribution >= 0.6 is 0 Å². The highest BCUT2D eigenvalue weighted by Crippen LogP contribution is 2.10. The van der Waals surface area contributed by atoms with Crippen LogP contribution in [0.4, 0.5) is 0 Å². The third kappa shape index (κ3) is 1.21. The smallest absolute Gasteiger partial charge is 0.383 e. The van der Waals surface area contributed by atoms with Gasteiger partial charge < -0.3 is 14.9 Å². The summed E-state index contributed by atoms with van der Waals surface area (Å²) < 4.78 is 4.19. The molecule has 0 spiro atoms. The van der Waals surface area contributed by atoms with Crippen LogP contribution in [0.15, 0.2) is 0 Å². The highest BCUT2D eigenvalue weighted by Gasteiger charge is 2.45. The highest BCUT2D eigenvalue weighted by molar-refractivity contribution is 6.65. The first-order valence-corrected chi connectivity index (χ1v) is 3.16. The van der Waals surface area contributed by atoms with E-state index >= 15 is 0 Å². The Morgan fingerprint density at radius 3 is 2.33 bits per heavy atom. The zero-order chi connectivity index (χ0) is 9.30. The number of carbonyl (C=O) groups excluding carboxylic acids is 3. The van der Waals surface area contributed by atoms with Crippen molar-refractivity contribution in [2.45, 2.75) is 12.2 Å². The highest BCUT2D eigenvalue weighted by atomic mass is 16.6. The second-order valence-corrected chi connectivity index (χ2v) is 2.27. The number of carbonyl (C=O) groups is 3. The Labute approximate surface area is 66.7 Å². The number of aliphatic hydroxyl groups is 2. The van der Waals surface area contributed by atoms with Crippen LogP contribution < -0.4 is 0 Å². The molecule has 0 bridgehead atoms. The molecule has 1 aliphatic rings. The van der Waals surface area contributed by atoms with Crippen LogP contribution in [0.3, 0.4) is 0 Å². The van der Waals surface area contributed by atoms with Crippen molar-refractivity contribution in [2.75, 3.05) is 6.61 Å². The van der Waals surface area contributed by atoms with Crippen molar-refractivity contribution in [2.24, 2.45) is 0 Å². The lowest BCUT2D eigenvalue weighted by Gasteiger charge is -2.10. The van der Waals surface area contributed by atoms with Crippen molar-refractivity contribution in [3.8, 4) is 0 Å². The Bertz CT molecular complexity index is 244. The topological polar surface area (TPSA) is 101 Å². The number of Topliss-reactive ketones (excluding diaryl/α,β-unsaturated/α-hetero) is 2. The summed E-state index contributed by atoms with van der Waals surface area (Å²) in [6.07, 6.45) is -3.05. The first-order valence-electron chi connectivity index (χ1n) is 3.16. The Balaban J connectivity index is 2.78. The summed E-state index contributed by atoms with van der Waals surface area (Å²) in [6.45, 7) is -0.739. The Morgan fingerprint density at radius 2 is 2.00 bits per heavy atom. The molecule has 0 radical (unpaired) electrons. The number of ketones is 2. The average molecular weight is 174 g/mol. The van der Waals surface area contributed by atoms with Gasteiger partial charge in [-0.2, -0.15) is 0 Å². The molecule has 0 aromatic heterocycles. The van der Waals surface area contributed by atoms with Crippen LogP contribution in [-0.2, 0) is 19.1 Å². The van der Waals surface area contributed by atoms with Crippen molar-refractivity contribution in [3.63, 3.8) is 0 Å². The van der Waals surface area contributed by atoms with E-state index in [1.165, 1.54) is 0 Å². The Hall–Kier alpha value is -1.27.